The fraction of sp³-hybridized carbons (Fsp3) is 0.481. The van der Waals surface area contributed by atoms with Crippen LogP contribution in [-0.4, -0.2) is 41.1 Å². The Morgan fingerprint density at radius 1 is 1.06 bits per heavy atom. The molecule has 3 rings (SSSR count). The van der Waals surface area contributed by atoms with Gasteiger partial charge in [-0.3, -0.25) is 9.59 Å². The summed E-state index contributed by atoms with van der Waals surface area (Å²) in [5.41, 5.74) is 3.64. The van der Waals surface area contributed by atoms with Crippen LogP contribution in [0.4, 0.5) is 0 Å². The molecular weight excluding hydrogens is 416 g/mol. The predicted octanol–water partition coefficient (Wildman–Crippen LogP) is 5.14. The van der Waals surface area contributed by atoms with Crippen molar-refractivity contribution in [1.82, 2.24) is 10.2 Å². The number of aryl methyl sites for hydroxylation is 1. The molecule has 0 saturated heterocycles. The largest absolute Gasteiger partial charge is 0.352 e. The Labute approximate surface area is 197 Å². The first-order chi connectivity index (χ1) is 15.6. The summed E-state index contributed by atoms with van der Waals surface area (Å²) in [7, 11) is 0. The first-order valence-corrected chi connectivity index (χ1v) is 13.0. The summed E-state index contributed by atoms with van der Waals surface area (Å²) in [6, 6.07) is 18.4. The molecule has 0 bridgehead atoms. The SMILES string of the molecule is CC[C@H](C(=O)NC1CCCC1)N(CCc1ccccc1)C(=O)CSCc1cccc(C)c1. The molecule has 1 N–H and O–H groups in total. The van der Waals surface area contributed by atoms with Gasteiger partial charge in [0.2, 0.25) is 11.8 Å². The second kappa shape index (κ2) is 12.7. The van der Waals surface area contributed by atoms with E-state index in [1.54, 1.807) is 11.8 Å². The molecule has 4 nitrogen and oxygen atoms in total. The van der Waals surface area contributed by atoms with Gasteiger partial charge < -0.3 is 10.2 Å². The van der Waals surface area contributed by atoms with E-state index in [9.17, 15) is 9.59 Å². The molecule has 1 fully saturated rings. The van der Waals surface area contributed by atoms with Crippen molar-refractivity contribution in [1.29, 1.82) is 0 Å². The number of benzene rings is 2. The quantitative estimate of drug-likeness (QED) is 0.514. The highest BCUT2D eigenvalue weighted by Gasteiger charge is 2.30. The highest BCUT2D eigenvalue weighted by molar-refractivity contribution is 7.99. The molecule has 0 aromatic heterocycles. The average molecular weight is 453 g/mol. The van der Waals surface area contributed by atoms with Crippen molar-refractivity contribution in [2.75, 3.05) is 12.3 Å². The molecule has 2 aromatic rings. The van der Waals surface area contributed by atoms with Crippen LogP contribution in [0.25, 0.3) is 0 Å². The molecule has 0 radical (unpaired) electrons. The lowest BCUT2D eigenvalue weighted by Gasteiger charge is -2.31. The summed E-state index contributed by atoms with van der Waals surface area (Å²) in [5.74, 6) is 1.23. The second-order valence-electron chi connectivity index (χ2n) is 8.72. The Balaban J connectivity index is 1.64. The van der Waals surface area contributed by atoms with Crippen molar-refractivity contribution in [2.45, 2.75) is 70.2 Å². The van der Waals surface area contributed by atoms with Gasteiger partial charge in [-0.2, -0.15) is 0 Å². The molecule has 1 atom stereocenters. The molecule has 0 unspecified atom stereocenters. The lowest BCUT2D eigenvalue weighted by atomic mass is 10.1. The van der Waals surface area contributed by atoms with Crippen molar-refractivity contribution in [3.8, 4) is 0 Å². The van der Waals surface area contributed by atoms with Crippen LogP contribution < -0.4 is 5.32 Å². The number of amides is 2. The van der Waals surface area contributed by atoms with Crippen molar-refractivity contribution >= 4 is 23.6 Å². The zero-order chi connectivity index (χ0) is 22.8. The predicted molar refractivity (Wildman–Crippen MR) is 134 cm³/mol. The second-order valence-corrected chi connectivity index (χ2v) is 9.70. The summed E-state index contributed by atoms with van der Waals surface area (Å²) < 4.78 is 0. The highest BCUT2D eigenvalue weighted by Crippen LogP contribution is 2.20. The third-order valence-corrected chi connectivity index (χ3v) is 7.14. The lowest BCUT2D eigenvalue weighted by Crippen LogP contribution is -2.52. The van der Waals surface area contributed by atoms with Crippen LogP contribution in [0.2, 0.25) is 0 Å². The number of nitrogens with one attached hydrogen (secondary N) is 1. The molecule has 5 heteroatoms. The van der Waals surface area contributed by atoms with Crippen LogP contribution in [0, 0.1) is 6.92 Å². The molecule has 1 aliphatic rings. The third-order valence-electron chi connectivity index (χ3n) is 6.15. The van der Waals surface area contributed by atoms with Gasteiger partial charge in [-0.15, -0.1) is 11.8 Å². The van der Waals surface area contributed by atoms with E-state index in [4.69, 9.17) is 0 Å². The maximum atomic E-state index is 13.3. The van der Waals surface area contributed by atoms with Crippen LogP contribution in [-0.2, 0) is 21.8 Å². The number of thioether (sulfide) groups is 1. The number of carbonyl (C=O) groups is 2. The standard InChI is InChI=1S/C27H36N2O2S/c1-3-25(27(31)28-24-14-7-8-15-24)29(17-16-22-11-5-4-6-12-22)26(30)20-32-19-23-13-9-10-21(2)18-23/h4-6,9-13,18,24-25H,3,7-8,14-17,19-20H2,1-2H3,(H,28,31)/t25-/m1/s1. The topological polar surface area (TPSA) is 49.4 Å². The van der Waals surface area contributed by atoms with Gasteiger partial charge in [-0.25, -0.2) is 0 Å². The number of hydrogen-bond acceptors (Lipinski definition) is 3. The average Bonchev–Trinajstić information content (AvgIpc) is 3.30. The molecule has 1 saturated carbocycles. The van der Waals surface area contributed by atoms with E-state index in [1.807, 2.05) is 30.0 Å². The van der Waals surface area contributed by atoms with Crippen LogP contribution >= 0.6 is 11.8 Å². The summed E-state index contributed by atoms with van der Waals surface area (Å²) in [6.07, 6.45) is 5.82. The Morgan fingerprint density at radius 3 is 2.47 bits per heavy atom. The van der Waals surface area contributed by atoms with Crippen molar-refractivity contribution in [3.05, 3.63) is 71.3 Å². The minimum atomic E-state index is -0.411. The molecule has 0 heterocycles. The number of nitrogens with zero attached hydrogens (tertiary/aromatic N) is 1. The van der Waals surface area contributed by atoms with Gasteiger partial charge >= 0.3 is 0 Å². The van der Waals surface area contributed by atoms with Crippen LogP contribution in [0.15, 0.2) is 54.6 Å². The van der Waals surface area contributed by atoms with E-state index >= 15 is 0 Å². The fourth-order valence-electron chi connectivity index (χ4n) is 4.40. The number of carbonyl (C=O) groups excluding carboxylic acids is 2. The summed E-state index contributed by atoms with van der Waals surface area (Å²) in [5, 5.41) is 3.21. The Hall–Kier alpha value is -2.27. The van der Waals surface area contributed by atoms with E-state index < -0.39 is 6.04 Å². The molecule has 172 valence electrons. The van der Waals surface area contributed by atoms with E-state index in [0.717, 1.165) is 25.0 Å². The van der Waals surface area contributed by atoms with Crippen molar-refractivity contribution in [2.24, 2.45) is 0 Å². The van der Waals surface area contributed by atoms with Gasteiger partial charge in [0, 0.05) is 18.3 Å². The van der Waals surface area contributed by atoms with Gasteiger partial charge in [0.1, 0.15) is 6.04 Å². The molecule has 1 aliphatic carbocycles. The Bertz CT molecular complexity index is 865. The minimum absolute atomic E-state index is 0.00416. The minimum Gasteiger partial charge on any atom is -0.352 e. The van der Waals surface area contributed by atoms with Crippen molar-refractivity contribution < 1.29 is 9.59 Å². The summed E-state index contributed by atoms with van der Waals surface area (Å²) >= 11 is 1.62. The Morgan fingerprint density at radius 2 is 1.78 bits per heavy atom. The number of hydrogen-bond donors (Lipinski definition) is 1. The van der Waals surface area contributed by atoms with Crippen LogP contribution in [0.3, 0.4) is 0 Å². The normalized spacial score (nSPS) is 14.8. The highest BCUT2D eigenvalue weighted by atomic mass is 32.2. The first kappa shape index (κ1) is 24.4. The summed E-state index contributed by atoms with van der Waals surface area (Å²) in [4.78, 5) is 28.2. The molecule has 0 spiro atoms. The zero-order valence-corrected chi connectivity index (χ0v) is 20.2. The van der Waals surface area contributed by atoms with E-state index in [1.165, 1.54) is 29.5 Å². The Kier molecular flexibility index (Phi) is 9.66. The van der Waals surface area contributed by atoms with Crippen molar-refractivity contribution in [3.63, 3.8) is 0 Å². The third kappa shape index (κ3) is 7.40. The van der Waals surface area contributed by atoms with E-state index in [0.29, 0.717) is 18.7 Å². The summed E-state index contributed by atoms with van der Waals surface area (Å²) in [6.45, 7) is 4.64. The molecule has 2 amide bonds. The lowest BCUT2D eigenvalue weighted by molar-refractivity contribution is -0.139. The van der Waals surface area contributed by atoms with E-state index in [2.05, 4.69) is 48.6 Å². The van der Waals surface area contributed by atoms with Crippen LogP contribution in [0.5, 0.6) is 0 Å². The smallest absolute Gasteiger partial charge is 0.243 e. The molecule has 2 aromatic carbocycles. The molecule has 32 heavy (non-hydrogen) atoms. The van der Waals surface area contributed by atoms with E-state index in [-0.39, 0.29) is 17.9 Å². The fourth-order valence-corrected chi connectivity index (χ4v) is 5.26. The van der Waals surface area contributed by atoms with Crippen LogP contribution in [0.1, 0.15) is 55.7 Å². The first-order valence-electron chi connectivity index (χ1n) is 11.8. The van der Waals surface area contributed by atoms with Gasteiger partial charge in [0.05, 0.1) is 5.75 Å². The number of rotatable bonds is 11. The molecular formula is C27H36N2O2S. The van der Waals surface area contributed by atoms with Gasteiger partial charge in [-0.1, -0.05) is 79.9 Å². The van der Waals surface area contributed by atoms with Gasteiger partial charge in [-0.05, 0) is 43.7 Å². The van der Waals surface area contributed by atoms with Gasteiger partial charge in [0.15, 0.2) is 0 Å². The maximum absolute atomic E-state index is 13.3. The zero-order valence-electron chi connectivity index (χ0n) is 19.4. The van der Waals surface area contributed by atoms with Gasteiger partial charge in [0.25, 0.3) is 0 Å². The maximum Gasteiger partial charge on any atom is 0.243 e. The molecule has 0 aliphatic heterocycles. The monoisotopic (exact) mass is 452 g/mol.